The standard InChI is InChI=1S/C22H17ClN4O3S/c1-31(29,30)19-13-15(11-12-17(19)23)22(28)24-18-10-6-5-9-16(18)21-25-20(26-27-21)14-7-3-2-4-8-14/h2-13H,1H3,(H,24,28)(H,25,26,27). The molecule has 0 bridgehead atoms. The van der Waals surface area contributed by atoms with Gasteiger partial charge in [-0.25, -0.2) is 13.4 Å². The Hall–Kier alpha value is -3.49. The molecule has 7 nitrogen and oxygen atoms in total. The number of aromatic amines is 1. The maximum Gasteiger partial charge on any atom is 0.255 e. The maximum atomic E-state index is 12.8. The molecule has 9 heteroatoms. The minimum atomic E-state index is -3.57. The van der Waals surface area contributed by atoms with Gasteiger partial charge in [0, 0.05) is 22.9 Å². The average Bonchev–Trinajstić information content (AvgIpc) is 3.24. The Labute approximate surface area is 184 Å². The van der Waals surface area contributed by atoms with Crippen LogP contribution in [0.1, 0.15) is 10.4 Å². The van der Waals surface area contributed by atoms with E-state index in [1.165, 1.54) is 18.2 Å². The van der Waals surface area contributed by atoms with Crippen LogP contribution in [-0.4, -0.2) is 35.8 Å². The quantitative estimate of drug-likeness (QED) is 0.465. The summed E-state index contributed by atoms with van der Waals surface area (Å²) in [5, 5.41) is 10.0. The lowest BCUT2D eigenvalue weighted by molar-refractivity contribution is 0.102. The third-order valence-electron chi connectivity index (χ3n) is 4.54. The van der Waals surface area contributed by atoms with Gasteiger partial charge in [0.1, 0.15) is 0 Å². The number of halogens is 1. The number of H-pyrrole nitrogens is 1. The first-order valence-corrected chi connectivity index (χ1v) is 11.5. The molecule has 0 spiro atoms. The van der Waals surface area contributed by atoms with Crippen LogP contribution < -0.4 is 5.32 Å². The SMILES string of the molecule is CS(=O)(=O)c1cc(C(=O)Nc2ccccc2-c2nc(-c3ccccc3)n[nH]2)ccc1Cl. The smallest absolute Gasteiger partial charge is 0.255 e. The van der Waals surface area contributed by atoms with Crippen molar-refractivity contribution in [1.29, 1.82) is 0 Å². The van der Waals surface area contributed by atoms with Gasteiger partial charge in [-0.1, -0.05) is 54.1 Å². The summed E-state index contributed by atoms with van der Waals surface area (Å²) in [6.07, 6.45) is 1.04. The molecule has 4 aromatic rings. The molecule has 0 unspecified atom stereocenters. The van der Waals surface area contributed by atoms with Gasteiger partial charge in [-0.15, -0.1) is 0 Å². The van der Waals surface area contributed by atoms with Crippen molar-refractivity contribution in [1.82, 2.24) is 15.2 Å². The molecule has 0 saturated carbocycles. The van der Waals surface area contributed by atoms with Crippen molar-refractivity contribution in [2.75, 3.05) is 11.6 Å². The number of nitrogens with one attached hydrogen (secondary N) is 2. The highest BCUT2D eigenvalue weighted by Gasteiger charge is 2.18. The normalized spacial score (nSPS) is 11.3. The summed E-state index contributed by atoms with van der Waals surface area (Å²) in [4.78, 5) is 17.3. The minimum absolute atomic E-state index is 0.0644. The number of hydrogen-bond acceptors (Lipinski definition) is 5. The van der Waals surface area contributed by atoms with E-state index < -0.39 is 15.7 Å². The van der Waals surface area contributed by atoms with E-state index in [0.717, 1.165) is 11.8 Å². The van der Waals surface area contributed by atoms with Crippen LogP contribution in [0, 0.1) is 0 Å². The molecule has 31 heavy (non-hydrogen) atoms. The molecule has 1 aromatic heterocycles. The molecule has 0 aliphatic carbocycles. The van der Waals surface area contributed by atoms with Gasteiger partial charge in [-0.2, -0.15) is 5.10 Å². The highest BCUT2D eigenvalue weighted by molar-refractivity contribution is 7.90. The molecular weight excluding hydrogens is 436 g/mol. The molecule has 0 atom stereocenters. The average molecular weight is 453 g/mol. The topological polar surface area (TPSA) is 105 Å². The summed E-state index contributed by atoms with van der Waals surface area (Å²) >= 11 is 5.97. The lowest BCUT2D eigenvalue weighted by atomic mass is 10.1. The van der Waals surface area contributed by atoms with E-state index in [-0.39, 0.29) is 15.5 Å². The Balaban J connectivity index is 1.65. The van der Waals surface area contributed by atoms with Crippen LogP contribution in [0.2, 0.25) is 5.02 Å². The van der Waals surface area contributed by atoms with Crippen LogP contribution in [0.4, 0.5) is 5.69 Å². The molecule has 1 amide bonds. The predicted molar refractivity (Wildman–Crippen MR) is 120 cm³/mol. The van der Waals surface area contributed by atoms with Crippen molar-refractivity contribution in [3.8, 4) is 22.8 Å². The molecule has 156 valence electrons. The second kappa shape index (κ2) is 8.33. The van der Waals surface area contributed by atoms with E-state index in [1.54, 1.807) is 18.2 Å². The van der Waals surface area contributed by atoms with Gasteiger partial charge in [0.15, 0.2) is 21.5 Å². The number of amides is 1. The molecule has 1 heterocycles. The molecule has 0 aliphatic heterocycles. The first-order valence-electron chi connectivity index (χ1n) is 9.21. The lowest BCUT2D eigenvalue weighted by Crippen LogP contribution is -2.13. The monoisotopic (exact) mass is 452 g/mol. The summed E-state index contributed by atoms with van der Waals surface area (Å²) in [6.45, 7) is 0. The van der Waals surface area contributed by atoms with Crippen molar-refractivity contribution < 1.29 is 13.2 Å². The Kier molecular flexibility index (Phi) is 5.58. The molecule has 4 rings (SSSR count). The van der Waals surface area contributed by atoms with E-state index in [1.807, 2.05) is 36.4 Å². The summed E-state index contributed by atoms with van der Waals surface area (Å²) in [5.41, 5.74) is 2.17. The largest absolute Gasteiger partial charge is 0.321 e. The Morgan fingerprint density at radius 3 is 2.45 bits per heavy atom. The molecule has 0 aliphatic rings. The van der Waals surface area contributed by atoms with Crippen molar-refractivity contribution in [2.45, 2.75) is 4.90 Å². The van der Waals surface area contributed by atoms with Gasteiger partial charge >= 0.3 is 0 Å². The number of anilines is 1. The number of rotatable bonds is 5. The zero-order valence-corrected chi connectivity index (χ0v) is 17.9. The van der Waals surface area contributed by atoms with Gasteiger partial charge < -0.3 is 5.32 Å². The molecule has 2 N–H and O–H groups in total. The molecule has 0 fully saturated rings. The van der Waals surface area contributed by atoms with Crippen molar-refractivity contribution in [2.24, 2.45) is 0 Å². The number of benzene rings is 3. The zero-order valence-electron chi connectivity index (χ0n) is 16.3. The van der Waals surface area contributed by atoms with Gasteiger partial charge in [0.05, 0.1) is 15.6 Å². The Bertz CT molecular complexity index is 1370. The Morgan fingerprint density at radius 1 is 1.00 bits per heavy atom. The first kappa shape index (κ1) is 20.8. The van der Waals surface area contributed by atoms with E-state index in [0.29, 0.717) is 22.9 Å². The van der Waals surface area contributed by atoms with Gasteiger partial charge in [-0.05, 0) is 30.3 Å². The summed E-state index contributed by atoms with van der Waals surface area (Å²) < 4.78 is 23.8. The number of nitrogens with zero attached hydrogens (tertiary/aromatic N) is 2. The van der Waals surface area contributed by atoms with E-state index in [9.17, 15) is 13.2 Å². The third-order valence-corrected chi connectivity index (χ3v) is 6.12. The third kappa shape index (κ3) is 4.50. The van der Waals surface area contributed by atoms with Crippen molar-refractivity contribution in [3.63, 3.8) is 0 Å². The number of hydrogen-bond donors (Lipinski definition) is 2. The summed E-state index contributed by atoms with van der Waals surface area (Å²) in [7, 11) is -3.57. The summed E-state index contributed by atoms with van der Waals surface area (Å²) in [5.74, 6) is 0.548. The van der Waals surface area contributed by atoms with Gasteiger partial charge in [0.25, 0.3) is 5.91 Å². The fourth-order valence-electron chi connectivity index (χ4n) is 3.02. The van der Waals surface area contributed by atoms with E-state index in [2.05, 4.69) is 20.5 Å². The predicted octanol–water partition coefficient (Wildman–Crippen LogP) is 4.45. The van der Waals surface area contributed by atoms with Crippen LogP contribution in [0.3, 0.4) is 0 Å². The minimum Gasteiger partial charge on any atom is -0.321 e. The Morgan fingerprint density at radius 2 is 1.71 bits per heavy atom. The first-order chi connectivity index (χ1) is 14.8. The molecular formula is C22H17ClN4O3S. The zero-order chi connectivity index (χ0) is 22.0. The molecule has 0 radical (unpaired) electrons. The highest BCUT2D eigenvalue weighted by Crippen LogP contribution is 2.28. The number of aromatic nitrogens is 3. The number of para-hydroxylation sites is 1. The lowest BCUT2D eigenvalue weighted by Gasteiger charge is -2.10. The fourth-order valence-corrected chi connectivity index (χ4v) is 4.32. The van der Waals surface area contributed by atoms with Crippen molar-refractivity contribution in [3.05, 3.63) is 83.4 Å². The van der Waals surface area contributed by atoms with Crippen LogP contribution in [-0.2, 0) is 9.84 Å². The summed E-state index contributed by atoms with van der Waals surface area (Å²) in [6, 6.07) is 20.8. The van der Waals surface area contributed by atoms with E-state index >= 15 is 0 Å². The van der Waals surface area contributed by atoms with Crippen LogP contribution >= 0.6 is 11.6 Å². The number of sulfone groups is 1. The second-order valence-corrected chi connectivity index (χ2v) is 9.18. The number of carbonyl (C=O) groups is 1. The van der Waals surface area contributed by atoms with Gasteiger partial charge in [0.2, 0.25) is 0 Å². The van der Waals surface area contributed by atoms with Crippen LogP contribution in [0.25, 0.3) is 22.8 Å². The van der Waals surface area contributed by atoms with Crippen molar-refractivity contribution >= 4 is 33.0 Å². The van der Waals surface area contributed by atoms with E-state index in [4.69, 9.17) is 11.6 Å². The molecule has 0 saturated heterocycles. The van der Waals surface area contributed by atoms with Crippen LogP contribution in [0.15, 0.2) is 77.7 Å². The van der Waals surface area contributed by atoms with Crippen LogP contribution in [0.5, 0.6) is 0 Å². The number of carbonyl (C=O) groups excluding carboxylic acids is 1. The highest BCUT2D eigenvalue weighted by atomic mass is 35.5. The van der Waals surface area contributed by atoms with Gasteiger partial charge in [-0.3, -0.25) is 9.89 Å². The second-order valence-electron chi connectivity index (χ2n) is 6.79. The molecule has 3 aromatic carbocycles. The maximum absolute atomic E-state index is 12.8. The fraction of sp³-hybridized carbons (Fsp3) is 0.0455.